The van der Waals surface area contributed by atoms with Crippen LogP contribution in [0, 0.1) is 17.6 Å². The molecule has 5 atom stereocenters. The molecule has 2 saturated heterocycles. The second kappa shape index (κ2) is 10.9. The molecule has 0 amide bonds. The van der Waals surface area contributed by atoms with Crippen LogP contribution in [0.5, 0.6) is 11.9 Å². The normalized spacial score (nSPS) is 26.0. The Morgan fingerprint density at radius 3 is 2.67 bits per heavy atom. The number of rotatable bonds is 7. The number of hydrogen-bond acceptors (Lipinski definition) is 9. The fraction of sp³-hybridized carbons (Fsp3) is 0.444. The minimum absolute atomic E-state index is 0.0505. The Hall–Kier alpha value is -3.32. The first kappa shape index (κ1) is 26.9. The smallest absolute Gasteiger partial charge is 0.308 e. The molecule has 0 saturated carbocycles. The van der Waals surface area contributed by atoms with Crippen LogP contribution in [0.3, 0.4) is 0 Å². The van der Waals surface area contributed by atoms with E-state index in [2.05, 4.69) is 15.0 Å². The third-order valence-corrected chi connectivity index (χ3v) is 7.70. The van der Waals surface area contributed by atoms with Crippen LogP contribution in [0.2, 0.25) is 5.02 Å². The molecular weight excluding hydrogens is 552 g/mol. The van der Waals surface area contributed by atoms with Crippen LogP contribution < -0.4 is 9.47 Å². The first-order valence-corrected chi connectivity index (χ1v) is 13.2. The fourth-order valence-electron chi connectivity index (χ4n) is 5.27. The Balaban J connectivity index is 1.14. The molecule has 2 N–H and O–H groups in total. The summed E-state index contributed by atoms with van der Waals surface area (Å²) >= 11 is 6.32. The molecule has 3 aromatic rings. The Morgan fingerprint density at radius 1 is 1.18 bits per heavy atom. The van der Waals surface area contributed by atoms with Crippen LogP contribution in [0.15, 0.2) is 24.3 Å². The summed E-state index contributed by atoms with van der Waals surface area (Å²) in [5, 5.41) is 10.0. The number of aliphatic hydroxyl groups excluding tert-OH is 1. The van der Waals surface area contributed by atoms with Gasteiger partial charge in [-0.15, -0.1) is 0 Å². The number of pyridine rings is 1. The van der Waals surface area contributed by atoms with Gasteiger partial charge in [-0.1, -0.05) is 17.7 Å². The predicted octanol–water partition coefficient (Wildman–Crippen LogP) is 3.73. The summed E-state index contributed by atoms with van der Waals surface area (Å²) in [6.45, 7) is -0.0464. The van der Waals surface area contributed by atoms with Gasteiger partial charge in [0.1, 0.15) is 41.6 Å². The Bertz CT molecular complexity index is 1460. The number of hydrogen-bond donors (Lipinski definition) is 2. The minimum Gasteiger partial charge on any atom is -0.471 e. The van der Waals surface area contributed by atoms with Crippen molar-refractivity contribution in [2.75, 3.05) is 20.3 Å². The minimum atomic E-state index is -0.769. The lowest BCUT2D eigenvalue weighted by atomic mass is 9.86. The van der Waals surface area contributed by atoms with E-state index in [1.807, 2.05) is 6.08 Å². The zero-order valence-electron chi connectivity index (χ0n) is 21.4. The third kappa shape index (κ3) is 5.12. The number of allylic oxidation sites excluding steroid dienone is 2. The number of ether oxygens (including phenoxy) is 5. The van der Waals surface area contributed by atoms with Gasteiger partial charge in [-0.2, -0.15) is 9.97 Å². The molecular formula is C27H26ClF2N3O7. The highest BCUT2D eigenvalue weighted by molar-refractivity contribution is 6.32. The summed E-state index contributed by atoms with van der Waals surface area (Å²) in [6, 6.07) is 4.19. The molecule has 0 bridgehead atoms. The maximum Gasteiger partial charge on any atom is 0.308 e. The molecule has 2 fully saturated rings. The fourth-order valence-corrected chi connectivity index (χ4v) is 5.47. The van der Waals surface area contributed by atoms with Crippen LogP contribution in [0.1, 0.15) is 30.4 Å². The van der Waals surface area contributed by atoms with Gasteiger partial charge in [-0.3, -0.25) is 4.79 Å². The summed E-state index contributed by atoms with van der Waals surface area (Å²) < 4.78 is 57.3. The van der Waals surface area contributed by atoms with Gasteiger partial charge >= 0.3 is 5.97 Å². The molecule has 10 nitrogen and oxygen atoms in total. The third-order valence-electron chi connectivity index (χ3n) is 7.43. The Morgan fingerprint density at radius 2 is 1.95 bits per heavy atom. The van der Waals surface area contributed by atoms with Crippen LogP contribution in [-0.2, 0) is 25.6 Å². The number of H-pyrrole nitrogens is 1. The summed E-state index contributed by atoms with van der Waals surface area (Å²) in [7, 11) is 1.34. The number of benzene rings is 1. The molecule has 2 aliphatic heterocycles. The van der Waals surface area contributed by atoms with Gasteiger partial charge in [0, 0.05) is 0 Å². The lowest BCUT2D eigenvalue weighted by Gasteiger charge is -2.20. The second-order valence-electron chi connectivity index (χ2n) is 9.94. The summed E-state index contributed by atoms with van der Waals surface area (Å²) in [5.41, 5.74) is 1.61. The number of methoxy groups -OCH3 is 1. The van der Waals surface area contributed by atoms with Gasteiger partial charge in [0.15, 0.2) is 11.8 Å². The van der Waals surface area contributed by atoms with E-state index >= 15 is 0 Å². The average molecular weight is 578 g/mol. The van der Waals surface area contributed by atoms with E-state index in [0.717, 1.165) is 5.57 Å². The van der Waals surface area contributed by atoms with Crippen LogP contribution in [0.25, 0.3) is 16.7 Å². The van der Waals surface area contributed by atoms with Crippen molar-refractivity contribution in [1.29, 1.82) is 0 Å². The number of nitrogens with one attached hydrogen (secondary N) is 1. The van der Waals surface area contributed by atoms with Crippen LogP contribution >= 0.6 is 11.6 Å². The second-order valence-corrected chi connectivity index (χ2v) is 10.3. The van der Waals surface area contributed by atoms with E-state index in [9.17, 15) is 18.7 Å². The van der Waals surface area contributed by atoms with E-state index in [4.69, 9.17) is 35.3 Å². The molecule has 0 radical (unpaired) electrons. The molecule has 2 aromatic heterocycles. The van der Waals surface area contributed by atoms with Crippen molar-refractivity contribution in [2.24, 2.45) is 5.92 Å². The van der Waals surface area contributed by atoms with Crippen molar-refractivity contribution in [2.45, 2.75) is 50.3 Å². The van der Waals surface area contributed by atoms with Crippen molar-refractivity contribution in [3.63, 3.8) is 0 Å². The highest BCUT2D eigenvalue weighted by atomic mass is 35.5. The van der Waals surface area contributed by atoms with Crippen molar-refractivity contribution < 1.29 is 42.4 Å². The van der Waals surface area contributed by atoms with Crippen LogP contribution in [-0.4, -0.2) is 70.8 Å². The van der Waals surface area contributed by atoms with Crippen molar-refractivity contribution in [3.8, 4) is 11.9 Å². The first-order chi connectivity index (χ1) is 19.3. The molecule has 4 heterocycles. The summed E-state index contributed by atoms with van der Waals surface area (Å²) in [6.07, 6.45) is 1.29. The highest BCUT2D eigenvalue weighted by Crippen LogP contribution is 2.34. The maximum absolute atomic E-state index is 15.0. The number of imidazole rings is 1. The van der Waals surface area contributed by atoms with Gasteiger partial charge in [0.25, 0.3) is 6.01 Å². The zero-order valence-corrected chi connectivity index (χ0v) is 22.1. The standard InChI is InChI=1S/C27H26ClF2N3O7/c1-36-26(35)13-4-2-12(3-5-13)14-6-17(29)15(18(30)7-14)9-39-25-16(28)8-19-24(32-25)33-27(31-19)40-21-11-38-22-20(34)10-37-23(21)22/h2,6-8,13,20-23,34H,3-5,9-11H2,1H3,(H,31,32,33)/t13?,20-,21-,22?,23-/m1/s1. The quantitative estimate of drug-likeness (QED) is 0.404. The number of aromatic nitrogens is 3. The number of carbonyl (C=O) groups is 1. The average Bonchev–Trinajstić information content (AvgIpc) is 3.64. The molecule has 3 aliphatic rings. The highest BCUT2D eigenvalue weighted by Gasteiger charge is 2.48. The van der Waals surface area contributed by atoms with Gasteiger partial charge in [0.05, 0.1) is 37.3 Å². The molecule has 212 valence electrons. The van der Waals surface area contributed by atoms with Gasteiger partial charge in [-0.25, -0.2) is 8.78 Å². The number of aliphatic hydroxyl groups is 1. The number of fused-ring (bicyclic) bond motifs is 2. The number of carbonyl (C=O) groups excluding carboxylic acids is 1. The van der Waals surface area contributed by atoms with E-state index in [0.29, 0.717) is 30.3 Å². The van der Waals surface area contributed by atoms with E-state index in [1.54, 1.807) is 0 Å². The number of esters is 1. The predicted molar refractivity (Wildman–Crippen MR) is 137 cm³/mol. The number of aromatic amines is 1. The molecule has 0 spiro atoms. The molecule has 2 unspecified atom stereocenters. The number of nitrogens with zero attached hydrogens (tertiary/aromatic N) is 2. The van der Waals surface area contributed by atoms with Gasteiger partial charge < -0.3 is 33.8 Å². The van der Waals surface area contributed by atoms with Gasteiger partial charge in [0.2, 0.25) is 5.88 Å². The zero-order chi connectivity index (χ0) is 28.0. The van der Waals surface area contributed by atoms with Crippen molar-refractivity contribution >= 4 is 34.3 Å². The van der Waals surface area contributed by atoms with Crippen molar-refractivity contribution in [3.05, 3.63) is 52.1 Å². The number of halogens is 3. The molecule has 1 aromatic carbocycles. The Kier molecular flexibility index (Phi) is 7.34. The lowest BCUT2D eigenvalue weighted by Crippen LogP contribution is -2.34. The van der Waals surface area contributed by atoms with Crippen LogP contribution in [0.4, 0.5) is 8.78 Å². The maximum atomic E-state index is 15.0. The van der Waals surface area contributed by atoms with E-state index < -0.39 is 42.7 Å². The topological polar surface area (TPSA) is 125 Å². The molecule has 40 heavy (non-hydrogen) atoms. The largest absolute Gasteiger partial charge is 0.471 e. The first-order valence-electron chi connectivity index (χ1n) is 12.8. The summed E-state index contributed by atoms with van der Waals surface area (Å²) in [5.74, 6) is -2.12. The molecule has 6 rings (SSSR count). The molecule has 13 heteroatoms. The lowest BCUT2D eigenvalue weighted by molar-refractivity contribution is -0.145. The summed E-state index contributed by atoms with van der Waals surface area (Å²) in [4.78, 5) is 23.3. The van der Waals surface area contributed by atoms with E-state index in [-0.39, 0.29) is 53.2 Å². The molecule has 1 aliphatic carbocycles. The van der Waals surface area contributed by atoms with Gasteiger partial charge in [-0.05, 0) is 48.6 Å². The van der Waals surface area contributed by atoms with Crippen molar-refractivity contribution in [1.82, 2.24) is 15.0 Å². The monoisotopic (exact) mass is 577 g/mol. The SMILES string of the molecule is COC(=O)C1CC=C(c2cc(F)c(COc3nc4nc(O[C@@H]5COC6[C@H](O)CO[C@@H]65)[nH]c4cc3Cl)c(F)c2)CC1. The Labute approximate surface area is 232 Å². The van der Waals surface area contributed by atoms with E-state index in [1.165, 1.54) is 25.3 Å².